The molecule has 2 N–H and O–H groups in total. The number of aromatic hydroxyl groups is 1. The molecule has 2 aromatic carbocycles. The van der Waals surface area contributed by atoms with Crippen LogP contribution in [-0.4, -0.2) is 15.1 Å². The van der Waals surface area contributed by atoms with Gasteiger partial charge in [0.1, 0.15) is 11.3 Å². The summed E-state index contributed by atoms with van der Waals surface area (Å²) in [6.45, 7) is 2.04. The molecule has 24 heavy (non-hydrogen) atoms. The first-order chi connectivity index (χ1) is 11.6. The van der Waals surface area contributed by atoms with Crippen LogP contribution in [-0.2, 0) is 5.75 Å². The standard InChI is InChI=1S/C18H14N2O3S/c1-10-2-5-14-15(6-10)20-18(19-14)24-9-11-7-17(22)23-16-8-12(21)3-4-13(11)16/h2-8,21H,9H2,1H3,(H,19,20). The van der Waals surface area contributed by atoms with E-state index in [0.29, 0.717) is 11.3 Å². The summed E-state index contributed by atoms with van der Waals surface area (Å²) < 4.78 is 5.15. The number of benzene rings is 2. The Balaban J connectivity index is 1.67. The molecular formula is C18H14N2O3S. The molecule has 0 unspecified atom stereocenters. The molecule has 0 aliphatic rings. The first-order valence-corrected chi connectivity index (χ1v) is 8.42. The van der Waals surface area contributed by atoms with Crippen LogP contribution >= 0.6 is 11.8 Å². The molecule has 4 aromatic rings. The summed E-state index contributed by atoms with van der Waals surface area (Å²) in [5.74, 6) is 0.647. The fourth-order valence-corrected chi connectivity index (χ4v) is 3.53. The van der Waals surface area contributed by atoms with Gasteiger partial charge in [0.15, 0.2) is 5.16 Å². The predicted molar refractivity (Wildman–Crippen MR) is 94.5 cm³/mol. The van der Waals surface area contributed by atoms with Crippen molar-refractivity contribution in [1.82, 2.24) is 9.97 Å². The van der Waals surface area contributed by atoms with Crippen molar-refractivity contribution in [3.8, 4) is 5.75 Å². The van der Waals surface area contributed by atoms with Crippen LogP contribution in [0.5, 0.6) is 5.75 Å². The topological polar surface area (TPSA) is 79.1 Å². The van der Waals surface area contributed by atoms with Crippen LogP contribution in [0, 0.1) is 6.92 Å². The number of hydrogen-bond acceptors (Lipinski definition) is 5. The van der Waals surface area contributed by atoms with Crippen molar-refractivity contribution in [1.29, 1.82) is 0 Å². The van der Waals surface area contributed by atoms with Gasteiger partial charge in [-0.25, -0.2) is 9.78 Å². The fraction of sp³-hybridized carbons (Fsp3) is 0.111. The number of phenols is 1. The first-order valence-electron chi connectivity index (χ1n) is 7.43. The number of thioether (sulfide) groups is 1. The lowest BCUT2D eigenvalue weighted by Crippen LogP contribution is -1.99. The highest BCUT2D eigenvalue weighted by atomic mass is 32.2. The average Bonchev–Trinajstić information content (AvgIpc) is 2.94. The largest absolute Gasteiger partial charge is 0.508 e. The van der Waals surface area contributed by atoms with Crippen molar-refractivity contribution in [3.05, 3.63) is 64.0 Å². The molecule has 6 heteroatoms. The number of nitrogens with one attached hydrogen (secondary N) is 1. The zero-order valence-corrected chi connectivity index (χ0v) is 13.7. The van der Waals surface area contributed by atoms with E-state index in [-0.39, 0.29) is 5.75 Å². The second-order valence-corrected chi connectivity index (χ2v) is 6.59. The Morgan fingerprint density at radius 1 is 1.21 bits per heavy atom. The van der Waals surface area contributed by atoms with E-state index in [1.807, 2.05) is 19.1 Å². The third kappa shape index (κ3) is 2.76. The molecule has 0 bridgehead atoms. The van der Waals surface area contributed by atoms with Crippen LogP contribution in [0.2, 0.25) is 0 Å². The van der Waals surface area contributed by atoms with Crippen LogP contribution < -0.4 is 5.63 Å². The predicted octanol–water partition coefficient (Wildman–Crippen LogP) is 3.98. The Hall–Kier alpha value is -2.73. The van der Waals surface area contributed by atoms with Gasteiger partial charge in [-0.05, 0) is 42.3 Å². The second-order valence-electron chi connectivity index (χ2n) is 5.62. The number of imidazole rings is 1. The molecule has 2 aromatic heterocycles. The Morgan fingerprint density at radius 2 is 2.08 bits per heavy atom. The molecule has 0 spiro atoms. The second kappa shape index (κ2) is 5.72. The third-order valence-electron chi connectivity index (χ3n) is 3.79. The highest BCUT2D eigenvalue weighted by Crippen LogP contribution is 2.28. The molecule has 120 valence electrons. The Morgan fingerprint density at radius 3 is 2.96 bits per heavy atom. The number of H-pyrrole nitrogens is 1. The number of phenolic OH excluding ortho intramolecular Hbond substituents is 1. The maximum absolute atomic E-state index is 11.7. The Labute approximate surface area is 141 Å². The molecule has 4 rings (SSSR count). The molecule has 2 heterocycles. The van der Waals surface area contributed by atoms with E-state index in [1.165, 1.54) is 29.5 Å². The van der Waals surface area contributed by atoms with E-state index >= 15 is 0 Å². The summed E-state index contributed by atoms with van der Waals surface area (Å²) in [5, 5.41) is 11.2. The van der Waals surface area contributed by atoms with Crippen LogP contribution in [0.1, 0.15) is 11.1 Å². The van der Waals surface area contributed by atoms with Gasteiger partial charge in [-0.2, -0.15) is 0 Å². The van der Waals surface area contributed by atoms with Gasteiger partial charge in [-0.15, -0.1) is 0 Å². The minimum atomic E-state index is -0.427. The number of hydrogen-bond donors (Lipinski definition) is 2. The number of aromatic nitrogens is 2. The number of aromatic amines is 1. The van der Waals surface area contributed by atoms with Crippen molar-refractivity contribution >= 4 is 33.8 Å². The number of nitrogens with zero attached hydrogens (tertiary/aromatic N) is 1. The summed E-state index contributed by atoms with van der Waals surface area (Å²) in [7, 11) is 0. The molecule has 5 nitrogen and oxygen atoms in total. The molecule has 0 atom stereocenters. The lowest BCUT2D eigenvalue weighted by Gasteiger charge is -2.04. The third-order valence-corrected chi connectivity index (χ3v) is 4.72. The summed E-state index contributed by atoms with van der Waals surface area (Å²) in [5.41, 5.74) is 3.91. The lowest BCUT2D eigenvalue weighted by molar-refractivity contribution is 0.473. The van der Waals surface area contributed by atoms with Gasteiger partial charge in [0, 0.05) is 23.3 Å². The minimum Gasteiger partial charge on any atom is -0.508 e. The van der Waals surface area contributed by atoms with Gasteiger partial charge < -0.3 is 14.5 Å². The molecule has 0 fully saturated rings. The summed E-state index contributed by atoms with van der Waals surface area (Å²) in [4.78, 5) is 19.6. The van der Waals surface area contributed by atoms with Crippen LogP contribution in [0.3, 0.4) is 0 Å². The highest BCUT2D eigenvalue weighted by molar-refractivity contribution is 7.98. The normalized spacial score (nSPS) is 11.4. The van der Waals surface area contributed by atoms with Gasteiger partial charge in [0.25, 0.3) is 0 Å². The highest BCUT2D eigenvalue weighted by Gasteiger charge is 2.09. The number of aryl methyl sites for hydroxylation is 1. The van der Waals surface area contributed by atoms with Gasteiger partial charge >= 0.3 is 5.63 Å². The SMILES string of the molecule is Cc1ccc2nc(SCc3cc(=O)oc4cc(O)ccc34)[nH]c2c1. The molecule has 0 aliphatic carbocycles. The van der Waals surface area contributed by atoms with Gasteiger partial charge in [-0.3, -0.25) is 0 Å². The van der Waals surface area contributed by atoms with E-state index in [4.69, 9.17) is 4.42 Å². The minimum absolute atomic E-state index is 0.0723. The first kappa shape index (κ1) is 14.8. The van der Waals surface area contributed by atoms with Crippen molar-refractivity contribution in [3.63, 3.8) is 0 Å². The maximum atomic E-state index is 11.7. The van der Waals surface area contributed by atoms with Crippen molar-refractivity contribution in [2.24, 2.45) is 0 Å². The summed E-state index contributed by atoms with van der Waals surface area (Å²) in [6.07, 6.45) is 0. The van der Waals surface area contributed by atoms with Crippen LogP contribution in [0.15, 0.2) is 56.8 Å². The zero-order valence-electron chi connectivity index (χ0n) is 12.9. The van der Waals surface area contributed by atoms with Gasteiger partial charge in [-0.1, -0.05) is 17.8 Å². The summed E-state index contributed by atoms with van der Waals surface area (Å²) in [6, 6.07) is 12.3. The number of rotatable bonds is 3. The maximum Gasteiger partial charge on any atom is 0.336 e. The molecule has 0 radical (unpaired) electrons. The van der Waals surface area contributed by atoms with Crippen molar-refractivity contribution < 1.29 is 9.52 Å². The average molecular weight is 338 g/mol. The van der Waals surface area contributed by atoms with E-state index < -0.39 is 5.63 Å². The van der Waals surface area contributed by atoms with Gasteiger partial charge in [0.2, 0.25) is 0 Å². The Kier molecular flexibility index (Phi) is 3.54. The van der Waals surface area contributed by atoms with Crippen LogP contribution in [0.25, 0.3) is 22.0 Å². The monoisotopic (exact) mass is 338 g/mol. The van der Waals surface area contributed by atoms with Gasteiger partial charge in [0.05, 0.1) is 11.0 Å². The summed E-state index contributed by atoms with van der Waals surface area (Å²) >= 11 is 1.52. The van der Waals surface area contributed by atoms with E-state index in [0.717, 1.165) is 27.1 Å². The molecule has 0 amide bonds. The fourth-order valence-electron chi connectivity index (χ4n) is 2.65. The van der Waals surface area contributed by atoms with E-state index in [9.17, 15) is 9.90 Å². The van der Waals surface area contributed by atoms with E-state index in [2.05, 4.69) is 16.0 Å². The van der Waals surface area contributed by atoms with Crippen molar-refractivity contribution in [2.45, 2.75) is 17.8 Å². The van der Waals surface area contributed by atoms with Crippen molar-refractivity contribution in [2.75, 3.05) is 0 Å². The molecule has 0 saturated heterocycles. The smallest absolute Gasteiger partial charge is 0.336 e. The van der Waals surface area contributed by atoms with Crippen LogP contribution in [0.4, 0.5) is 0 Å². The molecule has 0 aliphatic heterocycles. The quantitative estimate of drug-likeness (QED) is 0.436. The number of fused-ring (bicyclic) bond motifs is 2. The molecule has 0 saturated carbocycles. The van der Waals surface area contributed by atoms with E-state index in [1.54, 1.807) is 12.1 Å². The zero-order chi connectivity index (χ0) is 16.7. The molecular weight excluding hydrogens is 324 g/mol. The Bertz CT molecular complexity index is 1110. The lowest BCUT2D eigenvalue weighted by atomic mass is 10.1.